The molecule has 0 bridgehead atoms. The minimum atomic E-state index is -3.10. The van der Waals surface area contributed by atoms with Crippen LogP contribution in [0.15, 0.2) is 42.5 Å². The highest BCUT2D eigenvalue weighted by molar-refractivity contribution is 7.89. The van der Waals surface area contributed by atoms with Gasteiger partial charge in [0.15, 0.2) is 0 Å². The Morgan fingerprint density at radius 1 is 0.811 bits per heavy atom. The van der Waals surface area contributed by atoms with E-state index < -0.39 is 10.0 Å². The van der Waals surface area contributed by atoms with Crippen molar-refractivity contribution in [1.82, 2.24) is 8.87 Å². The molecule has 0 atom stereocenters. The van der Waals surface area contributed by atoms with Crippen LogP contribution in [-0.2, 0) is 16.6 Å². The molecule has 3 rings (SSSR count). The van der Waals surface area contributed by atoms with Crippen molar-refractivity contribution in [3.8, 4) is 22.8 Å². The highest BCUT2D eigenvalue weighted by atomic mass is 32.2. The summed E-state index contributed by atoms with van der Waals surface area (Å²) in [6, 6.07) is 12.9. The molecule has 2 aromatic carbocycles. The highest BCUT2D eigenvalue weighted by Crippen LogP contribution is 2.36. The van der Waals surface area contributed by atoms with Crippen LogP contribution < -0.4 is 0 Å². The van der Waals surface area contributed by atoms with Crippen LogP contribution in [0.25, 0.3) is 22.2 Å². The van der Waals surface area contributed by atoms with E-state index in [1.165, 1.54) is 17.1 Å². The summed E-state index contributed by atoms with van der Waals surface area (Å²) in [6.45, 7) is 5.69. The minimum absolute atomic E-state index is 0.252. The molecule has 0 amide bonds. The molecule has 0 saturated heterocycles. The smallest absolute Gasteiger partial charge is 0.213 e. The number of hydrogen-bond acceptors (Lipinski definition) is 4. The van der Waals surface area contributed by atoms with Crippen LogP contribution in [0.4, 0.5) is 0 Å². The Labute approximate surface area is 223 Å². The molecule has 1 heterocycles. The molecule has 0 aliphatic rings. The SMILES string of the molecule is CCCCN(C)S(=O)(=O)CCCCCCCCCCn1c(-c2ccc(O)cc2)c(C)c2cc(O)ccc21. The first-order chi connectivity index (χ1) is 17.7. The zero-order valence-corrected chi connectivity index (χ0v) is 23.6. The van der Waals surface area contributed by atoms with Gasteiger partial charge in [-0.3, -0.25) is 0 Å². The number of hydrogen-bond donors (Lipinski definition) is 2. The van der Waals surface area contributed by atoms with E-state index in [0.717, 1.165) is 85.6 Å². The van der Waals surface area contributed by atoms with Gasteiger partial charge in [-0.15, -0.1) is 0 Å². The summed E-state index contributed by atoms with van der Waals surface area (Å²) in [5.41, 5.74) is 4.45. The molecule has 0 radical (unpaired) electrons. The number of unbranched alkanes of at least 4 members (excludes halogenated alkanes) is 8. The van der Waals surface area contributed by atoms with Crippen molar-refractivity contribution in [2.45, 2.75) is 84.6 Å². The number of phenolic OH excluding ortho intramolecular Hbond substituents is 2. The monoisotopic (exact) mass is 528 g/mol. The molecule has 0 fully saturated rings. The van der Waals surface area contributed by atoms with Crippen molar-refractivity contribution < 1.29 is 18.6 Å². The number of aromatic hydroxyl groups is 2. The number of aromatic nitrogens is 1. The molecule has 6 nitrogen and oxygen atoms in total. The number of nitrogens with zero attached hydrogens (tertiary/aromatic N) is 2. The van der Waals surface area contributed by atoms with Gasteiger partial charge in [-0.05, 0) is 79.8 Å². The molecule has 1 aromatic heterocycles. The Bertz CT molecular complexity index is 1230. The normalized spacial score (nSPS) is 12.1. The first-order valence-corrected chi connectivity index (χ1v) is 15.4. The van der Waals surface area contributed by atoms with Gasteiger partial charge < -0.3 is 14.8 Å². The Hall–Kier alpha value is -2.51. The molecule has 0 aliphatic carbocycles. The van der Waals surface area contributed by atoms with E-state index in [2.05, 4.69) is 18.4 Å². The van der Waals surface area contributed by atoms with Crippen LogP contribution in [0.3, 0.4) is 0 Å². The zero-order chi connectivity index (χ0) is 26.8. The summed E-state index contributed by atoms with van der Waals surface area (Å²) in [6.07, 6.45) is 10.4. The van der Waals surface area contributed by atoms with Gasteiger partial charge in [0.2, 0.25) is 10.0 Å². The zero-order valence-electron chi connectivity index (χ0n) is 22.7. The average molecular weight is 529 g/mol. The lowest BCUT2D eigenvalue weighted by Crippen LogP contribution is -2.30. The van der Waals surface area contributed by atoms with Crippen LogP contribution in [0, 0.1) is 6.92 Å². The number of sulfonamides is 1. The van der Waals surface area contributed by atoms with Gasteiger partial charge in [0, 0.05) is 31.0 Å². The van der Waals surface area contributed by atoms with E-state index in [1.807, 2.05) is 24.3 Å². The molecule has 3 aromatic rings. The fourth-order valence-corrected chi connectivity index (χ4v) is 6.31. The Morgan fingerprint density at radius 2 is 1.41 bits per heavy atom. The molecule has 0 saturated carbocycles. The molecule has 0 spiro atoms. The van der Waals surface area contributed by atoms with E-state index in [-0.39, 0.29) is 17.3 Å². The van der Waals surface area contributed by atoms with Crippen molar-refractivity contribution in [3.05, 3.63) is 48.0 Å². The summed E-state index contributed by atoms with van der Waals surface area (Å²) in [5.74, 6) is 0.784. The maximum Gasteiger partial charge on any atom is 0.213 e. The first kappa shape index (κ1) is 29.1. The second-order valence-electron chi connectivity index (χ2n) is 10.2. The third-order valence-electron chi connectivity index (χ3n) is 7.28. The summed E-state index contributed by atoms with van der Waals surface area (Å²) in [4.78, 5) is 0. The van der Waals surface area contributed by atoms with E-state index >= 15 is 0 Å². The lowest BCUT2D eigenvalue weighted by atomic mass is 10.1. The predicted octanol–water partition coefficient (Wildman–Crippen LogP) is 7.21. The minimum Gasteiger partial charge on any atom is -0.508 e. The summed E-state index contributed by atoms with van der Waals surface area (Å²) in [5, 5.41) is 20.8. The fourth-order valence-electron chi connectivity index (χ4n) is 5.02. The van der Waals surface area contributed by atoms with Crippen molar-refractivity contribution >= 4 is 20.9 Å². The van der Waals surface area contributed by atoms with Crippen LogP contribution in [0.2, 0.25) is 0 Å². The van der Waals surface area contributed by atoms with Crippen molar-refractivity contribution in [3.63, 3.8) is 0 Å². The second kappa shape index (κ2) is 13.9. The largest absolute Gasteiger partial charge is 0.508 e. The predicted molar refractivity (Wildman–Crippen MR) is 154 cm³/mol. The van der Waals surface area contributed by atoms with Crippen LogP contribution in [0.5, 0.6) is 11.5 Å². The Kier molecular flexibility index (Phi) is 10.9. The summed E-state index contributed by atoms with van der Waals surface area (Å²) in [7, 11) is -1.41. The van der Waals surface area contributed by atoms with E-state index in [4.69, 9.17) is 0 Å². The van der Waals surface area contributed by atoms with Gasteiger partial charge in [0.05, 0.1) is 11.4 Å². The molecule has 0 unspecified atom stereocenters. The van der Waals surface area contributed by atoms with Gasteiger partial charge in [-0.1, -0.05) is 51.9 Å². The molecular weight excluding hydrogens is 484 g/mol. The van der Waals surface area contributed by atoms with Gasteiger partial charge >= 0.3 is 0 Å². The van der Waals surface area contributed by atoms with Crippen LogP contribution in [-0.4, -0.2) is 46.8 Å². The molecule has 0 aliphatic heterocycles. The molecule has 37 heavy (non-hydrogen) atoms. The quantitative estimate of drug-likeness (QED) is 0.192. The van der Waals surface area contributed by atoms with E-state index in [0.29, 0.717) is 6.54 Å². The van der Waals surface area contributed by atoms with Crippen LogP contribution >= 0.6 is 0 Å². The second-order valence-corrected chi connectivity index (χ2v) is 12.4. The lowest BCUT2D eigenvalue weighted by Gasteiger charge is -2.16. The third-order valence-corrected chi connectivity index (χ3v) is 9.21. The number of fused-ring (bicyclic) bond motifs is 1. The third kappa shape index (κ3) is 7.99. The number of aryl methyl sites for hydroxylation is 2. The number of rotatable bonds is 16. The van der Waals surface area contributed by atoms with Crippen molar-refractivity contribution in [1.29, 1.82) is 0 Å². The maximum atomic E-state index is 12.3. The topological polar surface area (TPSA) is 82.8 Å². The highest BCUT2D eigenvalue weighted by Gasteiger charge is 2.17. The lowest BCUT2D eigenvalue weighted by molar-refractivity contribution is 0.456. The standard InChI is InChI=1S/C30H44N2O4S/c1-4-5-20-31(3)37(35,36)22-13-11-9-7-6-8-10-12-21-32-29-19-18-27(34)23-28(29)24(2)30(32)25-14-16-26(33)17-15-25/h14-19,23,33-34H,4-13,20-22H2,1-3H3. The average Bonchev–Trinajstić information content (AvgIpc) is 3.14. The maximum absolute atomic E-state index is 12.3. The Morgan fingerprint density at radius 3 is 2.05 bits per heavy atom. The number of phenols is 2. The van der Waals surface area contributed by atoms with E-state index in [1.54, 1.807) is 25.2 Å². The molecule has 2 N–H and O–H groups in total. The van der Waals surface area contributed by atoms with Gasteiger partial charge in [0.25, 0.3) is 0 Å². The van der Waals surface area contributed by atoms with Gasteiger partial charge in [-0.2, -0.15) is 0 Å². The fraction of sp³-hybridized carbons (Fsp3) is 0.533. The van der Waals surface area contributed by atoms with Crippen LogP contribution in [0.1, 0.15) is 76.7 Å². The molecule has 7 heteroatoms. The van der Waals surface area contributed by atoms with Gasteiger partial charge in [0.1, 0.15) is 11.5 Å². The Balaban J connectivity index is 1.44. The molecule has 204 valence electrons. The first-order valence-electron chi connectivity index (χ1n) is 13.8. The van der Waals surface area contributed by atoms with Crippen molar-refractivity contribution in [2.75, 3.05) is 19.3 Å². The van der Waals surface area contributed by atoms with E-state index in [9.17, 15) is 18.6 Å². The summed E-state index contributed by atoms with van der Waals surface area (Å²) < 4.78 is 28.4. The molecular formula is C30H44N2O4S. The number of benzene rings is 2. The van der Waals surface area contributed by atoms with Gasteiger partial charge in [-0.25, -0.2) is 12.7 Å². The summed E-state index contributed by atoms with van der Waals surface area (Å²) >= 11 is 0. The van der Waals surface area contributed by atoms with Crippen molar-refractivity contribution in [2.24, 2.45) is 0 Å².